The Balaban J connectivity index is 1.54. The second kappa shape index (κ2) is 7.24. The molecule has 1 amide bonds. The summed E-state index contributed by atoms with van der Waals surface area (Å²) in [7, 11) is 1.58. The normalized spacial score (nSPS) is 20.3. The molecule has 1 aliphatic carbocycles. The van der Waals surface area contributed by atoms with E-state index in [1.54, 1.807) is 13.2 Å². The van der Waals surface area contributed by atoms with Gasteiger partial charge in [0, 0.05) is 17.5 Å². The van der Waals surface area contributed by atoms with Gasteiger partial charge in [-0.1, -0.05) is 41.9 Å². The molecular formula is C19H20ClNO3. The van der Waals surface area contributed by atoms with Gasteiger partial charge >= 0.3 is 0 Å². The Morgan fingerprint density at radius 2 is 2.12 bits per heavy atom. The predicted octanol–water partition coefficient (Wildman–Crippen LogP) is 3.30. The molecule has 0 radical (unpaired) electrons. The van der Waals surface area contributed by atoms with Gasteiger partial charge in [0.05, 0.1) is 13.2 Å². The number of aliphatic hydroxyl groups is 1. The van der Waals surface area contributed by atoms with Crippen molar-refractivity contribution in [1.82, 2.24) is 5.32 Å². The molecule has 2 N–H and O–H groups in total. The van der Waals surface area contributed by atoms with Crippen LogP contribution in [0.15, 0.2) is 48.5 Å². The van der Waals surface area contributed by atoms with Crippen molar-refractivity contribution in [2.75, 3.05) is 13.7 Å². The van der Waals surface area contributed by atoms with Crippen LogP contribution in [0.25, 0.3) is 0 Å². The molecule has 3 rings (SSSR count). The summed E-state index contributed by atoms with van der Waals surface area (Å²) in [6, 6.07) is 14.8. The highest BCUT2D eigenvalue weighted by atomic mass is 35.5. The molecular weight excluding hydrogens is 326 g/mol. The molecule has 0 saturated heterocycles. The maximum Gasteiger partial charge on any atom is 0.223 e. The quantitative estimate of drug-likeness (QED) is 0.844. The van der Waals surface area contributed by atoms with Gasteiger partial charge in [0.25, 0.3) is 0 Å². The van der Waals surface area contributed by atoms with E-state index in [-0.39, 0.29) is 24.3 Å². The summed E-state index contributed by atoms with van der Waals surface area (Å²) in [5, 5.41) is 13.8. The first-order chi connectivity index (χ1) is 11.6. The second-order valence-corrected chi connectivity index (χ2v) is 6.41. The molecule has 0 unspecified atom stereocenters. The fraction of sp³-hybridized carbons (Fsp3) is 0.316. The zero-order valence-electron chi connectivity index (χ0n) is 13.4. The Morgan fingerprint density at radius 3 is 2.88 bits per heavy atom. The number of halogens is 1. The minimum absolute atomic E-state index is 0.0399. The van der Waals surface area contributed by atoms with Crippen molar-refractivity contribution >= 4 is 17.5 Å². The molecule has 24 heavy (non-hydrogen) atoms. The molecule has 0 aromatic heterocycles. The van der Waals surface area contributed by atoms with Crippen LogP contribution in [-0.2, 0) is 4.79 Å². The minimum Gasteiger partial charge on any atom is -0.497 e. The third kappa shape index (κ3) is 3.71. The molecule has 3 atom stereocenters. The number of carbonyl (C=O) groups is 1. The second-order valence-electron chi connectivity index (χ2n) is 6.01. The molecule has 0 aliphatic heterocycles. The van der Waals surface area contributed by atoms with Gasteiger partial charge in [-0.2, -0.15) is 0 Å². The molecule has 0 bridgehead atoms. The summed E-state index contributed by atoms with van der Waals surface area (Å²) in [4.78, 5) is 12.3. The average Bonchev–Trinajstić information content (AvgIpc) is 3.40. The fourth-order valence-electron chi connectivity index (χ4n) is 2.90. The number of nitrogens with one attached hydrogen (secondary N) is 1. The largest absolute Gasteiger partial charge is 0.497 e. The molecule has 0 spiro atoms. The van der Waals surface area contributed by atoms with E-state index in [4.69, 9.17) is 16.3 Å². The number of hydrogen-bond acceptors (Lipinski definition) is 3. The Labute approximate surface area is 146 Å². The standard InChI is InChI=1S/C19H20ClNO3/c1-24-13-6-4-5-12(9-13)18(22)11-21-19(23)16-10-15(16)14-7-2-3-8-17(14)20/h2-9,15-16,18,22H,10-11H2,1H3,(H,21,23)/t15-,16-,18-/m1/s1. The summed E-state index contributed by atoms with van der Waals surface area (Å²) in [5.41, 5.74) is 1.74. The molecule has 1 saturated carbocycles. The first kappa shape index (κ1) is 16.8. The van der Waals surface area contributed by atoms with Crippen molar-refractivity contribution in [2.45, 2.75) is 18.4 Å². The van der Waals surface area contributed by atoms with E-state index < -0.39 is 6.10 Å². The van der Waals surface area contributed by atoms with Crippen LogP contribution in [0.1, 0.15) is 29.6 Å². The van der Waals surface area contributed by atoms with E-state index in [2.05, 4.69) is 5.32 Å². The highest BCUT2D eigenvalue weighted by molar-refractivity contribution is 6.31. The van der Waals surface area contributed by atoms with Gasteiger partial charge in [-0.25, -0.2) is 0 Å². The van der Waals surface area contributed by atoms with Gasteiger partial charge in [-0.15, -0.1) is 0 Å². The van der Waals surface area contributed by atoms with Crippen LogP contribution in [-0.4, -0.2) is 24.7 Å². The number of aliphatic hydroxyl groups excluding tert-OH is 1. The molecule has 1 aliphatic rings. The summed E-state index contributed by atoms with van der Waals surface area (Å²) in [6.45, 7) is 0.178. The van der Waals surface area contributed by atoms with Crippen molar-refractivity contribution in [1.29, 1.82) is 0 Å². The third-order valence-electron chi connectivity index (χ3n) is 4.38. The van der Waals surface area contributed by atoms with Crippen molar-refractivity contribution in [3.8, 4) is 5.75 Å². The van der Waals surface area contributed by atoms with Crippen LogP contribution in [0.5, 0.6) is 5.75 Å². The highest BCUT2D eigenvalue weighted by Crippen LogP contribution is 2.49. The topological polar surface area (TPSA) is 58.6 Å². The lowest BCUT2D eigenvalue weighted by Gasteiger charge is -2.13. The van der Waals surface area contributed by atoms with Crippen molar-refractivity contribution in [2.24, 2.45) is 5.92 Å². The summed E-state index contributed by atoms with van der Waals surface area (Å²) < 4.78 is 5.14. The van der Waals surface area contributed by atoms with Crippen molar-refractivity contribution < 1.29 is 14.6 Å². The fourth-order valence-corrected chi connectivity index (χ4v) is 3.18. The van der Waals surface area contributed by atoms with Crippen LogP contribution < -0.4 is 10.1 Å². The number of amides is 1. The average molecular weight is 346 g/mol. The van der Waals surface area contributed by atoms with Crippen LogP contribution >= 0.6 is 11.6 Å². The number of carbonyl (C=O) groups excluding carboxylic acids is 1. The third-order valence-corrected chi connectivity index (χ3v) is 4.72. The van der Waals surface area contributed by atoms with Gasteiger partial charge < -0.3 is 15.2 Å². The van der Waals surface area contributed by atoms with E-state index >= 15 is 0 Å². The predicted molar refractivity (Wildman–Crippen MR) is 93.3 cm³/mol. The van der Waals surface area contributed by atoms with Gasteiger partial charge in [0.1, 0.15) is 5.75 Å². The molecule has 2 aromatic carbocycles. The molecule has 4 nitrogen and oxygen atoms in total. The van der Waals surface area contributed by atoms with Gasteiger partial charge in [-0.3, -0.25) is 4.79 Å². The van der Waals surface area contributed by atoms with Crippen molar-refractivity contribution in [3.63, 3.8) is 0 Å². The van der Waals surface area contributed by atoms with E-state index in [1.165, 1.54) is 0 Å². The Bertz CT molecular complexity index is 734. The van der Waals surface area contributed by atoms with E-state index in [9.17, 15) is 9.90 Å². The summed E-state index contributed by atoms with van der Waals surface area (Å²) in [5.74, 6) is 0.746. The van der Waals surface area contributed by atoms with E-state index in [0.717, 1.165) is 12.0 Å². The SMILES string of the molecule is COc1cccc([C@H](O)CNC(=O)[C@@H]2C[C@@H]2c2ccccc2Cl)c1. The Hall–Kier alpha value is -2.04. The monoisotopic (exact) mass is 345 g/mol. The van der Waals surface area contributed by atoms with Gasteiger partial charge in [-0.05, 0) is 41.7 Å². The van der Waals surface area contributed by atoms with Gasteiger partial charge in [0.15, 0.2) is 0 Å². The van der Waals surface area contributed by atoms with Gasteiger partial charge in [0.2, 0.25) is 5.91 Å². The number of benzene rings is 2. The maximum atomic E-state index is 12.3. The molecule has 126 valence electrons. The van der Waals surface area contributed by atoms with E-state index in [1.807, 2.05) is 42.5 Å². The Kier molecular flexibility index (Phi) is 5.07. The lowest BCUT2D eigenvalue weighted by Crippen LogP contribution is -2.30. The maximum absolute atomic E-state index is 12.3. The molecule has 5 heteroatoms. The van der Waals surface area contributed by atoms with Crippen LogP contribution in [0.3, 0.4) is 0 Å². The molecule has 1 fully saturated rings. The first-order valence-electron chi connectivity index (χ1n) is 7.94. The van der Waals surface area contributed by atoms with Crippen LogP contribution in [0, 0.1) is 5.92 Å². The molecule has 0 heterocycles. The molecule has 2 aromatic rings. The van der Waals surface area contributed by atoms with E-state index in [0.29, 0.717) is 16.3 Å². The highest BCUT2D eigenvalue weighted by Gasteiger charge is 2.44. The summed E-state index contributed by atoms with van der Waals surface area (Å²) in [6.07, 6.45) is 0.0340. The van der Waals surface area contributed by atoms with Crippen LogP contribution in [0.2, 0.25) is 5.02 Å². The number of ether oxygens (including phenoxy) is 1. The number of rotatable bonds is 6. The Morgan fingerprint density at radius 1 is 1.33 bits per heavy atom. The zero-order valence-corrected chi connectivity index (χ0v) is 14.2. The van der Waals surface area contributed by atoms with Crippen LogP contribution in [0.4, 0.5) is 0 Å². The minimum atomic E-state index is -0.762. The zero-order chi connectivity index (χ0) is 17.1. The number of methoxy groups -OCH3 is 1. The lowest BCUT2D eigenvalue weighted by molar-refractivity contribution is -0.122. The van der Waals surface area contributed by atoms with Crippen molar-refractivity contribution in [3.05, 3.63) is 64.7 Å². The summed E-state index contributed by atoms with van der Waals surface area (Å²) >= 11 is 6.18. The number of hydrogen-bond donors (Lipinski definition) is 2. The lowest BCUT2D eigenvalue weighted by atomic mass is 10.1. The smallest absolute Gasteiger partial charge is 0.223 e. The first-order valence-corrected chi connectivity index (χ1v) is 8.32.